The molecule has 0 atom stereocenters. The fourth-order valence-corrected chi connectivity index (χ4v) is 3.23. The highest BCUT2D eigenvalue weighted by Crippen LogP contribution is 2.25. The Morgan fingerprint density at radius 3 is 2.59 bits per heavy atom. The molecule has 3 rings (SSSR count). The monoisotopic (exact) mass is 370 g/mol. The van der Waals surface area contributed by atoms with Crippen molar-refractivity contribution in [3.63, 3.8) is 0 Å². The van der Waals surface area contributed by atoms with Crippen LogP contribution in [0.4, 0.5) is 11.6 Å². The minimum absolute atomic E-state index is 0.142. The van der Waals surface area contributed by atoms with Crippen LogP contribution in [-0.4, -0.2) is 58.3 Å². The zero-order valence-electron chi connectivity index (χ0n) is 15.9. The number of benzene rings is 1. The fraction of sp³-hybridized carbons (Fsp3) is 0.474. The second-order valence-electron chi connectivity index (χ2n) is 6.43. The molecule has 27 heavy (non-hydrogen) atoms. The summed E-state index contributed by atoms with van der Waals surface area (Å²) < 4.78 is 1.52. The van der Waals surface area contributed by atoms with E-state index in [1.165, 1.54) is 4.57 Å². The van der Waals surface area contributed by atoms with E-state index in [9.17, 15) is 9.59 Å². The van der Waals surface area contributed by atoms with Crippen molar-refractivity contribution in [2.75, 3.05) is 37.6 Å². The summed E-state index contributed by atoms with van der Waals surface area (Å²) in [5, 5.41) is 10.9. The lowest BCUT2D eigenvalue weighted by molar-refractivity contribution is 0.0943. The van der Waals surface area contributed by atoms with Crippen molar-refractivity contribution in [3.05, 3.63) is 46.4 Å². The zero-order valence-corrected chi connectivity index (χ0v) is 15.9. The van der Waals surface area contributed by atoms with Gasteiger partial charge >= 0.3 is 0 Å². The highest BCUT2D eigenvalue weighted by atomic mass is 16.2. The summed E-state index contributed by atoms with van der Waals surface area (Å²) in [6.45, 7) is 8.73. The minimum Gasteiger partial charge on any atom is -0.350 e. The molecular formula is C19H26N6O2. The van der Waals surface area contributed by atoms with Crippen LogP contribution in [0, 0.1) is 0 Å². The Hall–Kier alpha value is -2.74. The predicted octanol–water partition coefficient (Wildman–Crippen LogP) is 1.25. The molecule has 1 N–H and O–H groups in total. The van der Waals surface area contributed by atoms with Gasteiger partial charge in [0.15, 0.2) is 0 Å². The zero-order chi connectivity index (χ0) is 19.2. The van der Waals surface area contributed by atoms with Gasteiger partial charge in [-0.2, -0.15) is 0 Å². The highest BCUT2D eigenvalue weighted by molar-refractivity contribution is 5.91. The van der Waals surface area contributed by atoms with Crippen molar-refractivity contribution in [1.29, 1.82) is 0 Å². The van der Waals surface area contributed by atoms with Crippen molar-refractivity contribution >= 4 is 17.5 Å². The topological polar surface area (TPSA) is 83.4 Å². The Balaban J connectivity index is 1.67. The lowest BCUT2D eigenvalue weighted by Crippen LogP contribution is -2.36. The number of amides is 1. The van der Waals surface area contributed by atoms with E-state index < -0.39 is 5.91 Å². The van der Waals surface area contributed by atoms with Gasteiger partial charge in [0.2, 0.25) is 11.6 Å². The average Bonchev–Trinajstić information content (AvgIpc) is 3.14. The van der Waals surface area contributed by atoms with Gasteiger partial charge in [0.25, 0.3) is 11.5 Å². The number of carbonyl (C=O) groups is 1. The van der Waals surface area contributed by atoms with E-state index in [4.69, 9.17) is 0 Å². The second-order valence-corrected chi connectivity index (χ2v) is 6.43. The number of anilines is 2. The van der Waals surface area contributed by atoms with E-state index in [0.717, 1.165) is 31.7 Å². The molecule has 2 aromatic rings. The SMILES string of the molecule is CCN(CC)CCCNC(=O)c1nnc2n(c1=O)CCN2c1ccccc1. The van der Waals surface area contributed by atoms with Crippen LogP contribution >= 0.6 is 0 Å². The third kappa shape index (κ3) is 4.16. The van der Waals surface area contributed by atoms with Gasteiger partial charge < -0.3 is 15.1 Å². The van der Waals surface area contributed by atoms with Gasteiger partial charge in [-0.15, -0.1) is 10.2 Å². The summed E-state index contributed by atoms with van der Waals surface area (Å²) >= 11 is 0. The summed E-state index contributed by atoms with van der Waals surface area (Å²) in [7, 11) is 0. The highest BCUT2D eigenvalue weighted by Gasteiger charge is 2.26. The van der Waals surface area contributed by atoms with Gasteiger partial charge in [-0.1, -0.05) is 32.0 Å². The van der Waals surface area contributed by atoms with Gasteiger partial charge in [0.1, 0.15) is 0 Å². The smallest absolute Gasteiger partial charge is 0.286 e. The Kier molecular flexibility index (Phi) is 6.18. The van der Waals surface area contributed by atoms with Gasteiger partial charge in [-0.05, 0) is 38.2 Å². The van der Waals surface area contributed by atoms with Gasteiger partial charge in [0.05, 0.1) is 0 Å². The molecule has 0 unspecified atom stereocenters. The van der Waals surface area contributed by atoms with Crippen LogP contribution in [0.15, 0.2) is 35.1 Å². The number of nitrogens with one attached hydrogen (secondary N) is 1. The molecule has 0 saturated heterocycles. The lowest BCUT2D eigenvalue weighted by atomic mass is 10.3. The number of nitrogens with zero attached hydrogens (tertiary/aromatic N) is 5. The van der Waals surface area contributed by atoms with E-state index in [1.807, 2.05) is 35.2 Å². The molecule has 0 saturated carbocycles. The first-order chi connectivity index (χ1) is 13.2. The van der Waals surface area contributed by atoms with Gasteiger partial charge in [0, 0.05) is 25.3 Å². The molecule has 1 aliphatic rings. The van der Waals surface area contributed by atoms with Crippen LogP contribution in [0.2, 0.25) is 0 Å². The van der Waals surface area contributed by atoms with E-state index in [0.29, 0.717) is 25.6 Å². The molecule has 0 aliphatic carbocycles. The number of fused-ring (bicyclic) bond motifs is 1. The molecule has 8 heteroatoms. The van der Waals surface area contributed by atoms with Crippen molar-refractivity contribution in [2.45, 2.75) is 26.8 Å². The maximum absolute atomic E-state index is 12.7. The number of para-hydroxylation sites is 1. The van der Waals surface area contributed by atoms with Crippen LogP contribution in [0.25, 0.3) is 0 Å². The Morgan fingerprint density at radius 2 is 1.89 bits per heavy atom. The van der Waals surface area contributed by atoms with Gasteiger partial charge in [-0.3, -0.25) is 14.2 Å². The van der Waals surface area contributed by atoms with Crippen LogP contribution in [0.5, 0.6) is 0 Å². The number of carbonyl (C=O) groups excluding carboxylic acids is 1. The molecule has 1 amide bonds. The summed E-state index contributed by atoms with van der Waals surface area (Å²) in [5.74, 6) is 0.0183. The maximum atomic E-state index is 12.7. The van der Waals surface area contributed by atoms with Gasteiger partial charge in [-0.25, -0.2) is 0 Å². The molecule has 1 aromatic heterocycles. The van der Waals surface area contributed by atoms with E-state index >= 15 is 0 Å². The lowest BCUT2D eigenvalue weighted by Gasteiger charge is -2.17. The van der Waals surface area contributed by atoms with Crippen LogP contribution in [-0.2, 0) is 6.54 Å². The maximum Gasteiger partial charge on any atom is 0.286 e. The number of aromatic nitrogens is 3. The van der Waals surface area contributed by atoms with Crippen LogP contribution in [0.3, 0.4) is 0 Å². The third-order valence-electron chi connectivity index (χ3n) is 4.83. The number of hydrogen-bond acceptors (Lipinski definition) is 6. The summed E-state index contributed by atoms with van der Waals surface area (Å²) in [6, 6.07) is 9.72. The quantitative estimate of drug-likeness (QED) is 0.704. The second kappa shape index (κ2) is 8.77. The van der Waals surface area contributed by atoms with Crippen LogP contribution in [0.1, 0.15) is 30.8 Å². The molecule has 0 radical (unpaired) electrons. The third-order valence-corrected chi connectivity index (χ3v) is 4.83. The Morgan fingerprint density at radius 1 is 1.15 bits per heavy atom. The van der Waals surface area contributed by atoms with Crippen molar-refractivity contribution in [3.8, 4) is 0 Å². The minimum atomic E-state index is -0.458. The molecule has 0 spiro atoms. The first-order valence-electron chi connectivity index (χ1n) is 9.46. The molecule has 1 aliphatic heterocycles. The predicted molar refractivity (Wildman–Crippen MR) is 104 cm³/mol. The van der Waals surface area contributed by atoms with Crippen LogP contribution < -0.4 is 15.8 Å². The molecule has 8 nitrogen and oxygen atoms in total. The molecule has 1 aromatic carbocycles. The standard InChI is InChI=1S/C19H26N6O2/c1-3-23(4-2)12-8-11-20-17(26)16-18(27)25-14-13-24(19(25)22-21-16)15-9-6-5-7-10-15/h5-7,9-10H,3-4,8,11-14H2,1-2H3,(H,20,26). The van der Waals surface area contributed by atoms with E-state index in [1.54, 1.807) is 0 Å². The molecule has 2 heterocycles. The number of hydrogen-bond donors (Lipinski definition) is 1. The summed E-state index contributed by atoms with van der Waals surface area (Å²) in [6.07, 6.45) is 0.828. The molecule has 0 fully saturated rings. The summed E-state index contributed by atoms with van der Waals surface area (Å²) in [5.41, 5.74) is 0.419. The normalized spacial score (nSPS) is 13.1. The fourth-order valence-electron chi connectivity index (χ4n) is 3.23. The first kappa shape index (κ1) is 19.0. The number of rotatable bonds is 8. The molecule has 144 valence electrons. The Bertz CT molecular complexity index is 832. The molecular weight excluding hydrogens is 344 g/mol. The largest absolute Gasteiger partial charge is 0.350 e. The molecule has 0 bridgehead atoms. The van der Waals surface area contributed by atoms with Crippen molar-refractivity contribution in [2.24, 2.45) is 0 Å². The van der Waals surface area contributed by atoms with Crippen molar-refractivity contribution in [1.82, 2.24) is 25.0 Å². The Labute approximate surface area is 158 Å². The van der Waals surface area contributed by atoms with E-state index in [-0.39, 0.29) is 11.3 Å². The first-order valence-corrected chi connectivity index (χ1v) is 9.46. The van der Waals surface area contributed by atoms with Crippen molar-refractivity contribution < 1.29 is 4.79 Å². The summed E-state index contributed by atoms with van der Waals surface area (Å²) in [4.78, 5) is 29.2. The van der Waals surface area contributed by atoms with E-state index in [2.05, 4.69) is 34.3 Å². The average molecular weight is 370 g/mol.